The summed E-state index contributed by atoms with van der Waals surface area (Å²) in [5, 5.41) is 5.19. The van der Waals surface area contributed by atoms with E-state index in [-0.39, 0.29) is 6.04 Å². The minimum atomic E-state index is 0.130. The molecule has 0 saturated carbocycles. The van der Waals surface area contributed by atoms with E-state index in [4.69, 9.17) is 14.2 Å². The fraction of sp³-hybridized carbons (Fsp3) is 0.250. The van der Waals surface area contributed by atoms with Crippen LogP contribution in [0.3, 0.4) is 0 Å². The summed E-state index contributed by atoms with van der Waals surface area (Å²) in [5.74, 6) is 0.810. The zero-order valence-corrected chi connectivity index (χ0v) is 17.2. The number of ether oxygens (including phenoxy) is 1. The Kier molecular flexibility index (Phi) is 5.32. The largest absolute Gasteiger partial charge is 0.497 e. The van der Waals surface area contributed by atoms with Crippen molar-refractivity contribution < 1.29 is 9.26 Å². The van der Waals surface area contributed by atoms with Gasteiger partial charge in [-0.2, -0.15) is 0 Å². The van der Waals surface area contributed by atoms with Gasteiger partial charge in [0.15, 0.2) is 0 Å². The van der Waals surface area contributed by atoms with Crippen LogP contribution in [0.1, 0.15) is 29.8 Å². The third-order valence-electron chi connectivity index (χ3n) is 5.36. The van der Waals surface area contributed by atoms with E-state index in [1.165, 1.54) is 11.1 Å². The molecular weight excluding hydrogens is 362 g/mol. The van der Waals surface area contributed by atoms with Crippen LogP contribution in [0.5, 0.6) is 5.75 Å². The number of fused-ring (bicyclic) bond motifs is 1. The van der Waals surface area contributed by atoms with Gasteiger partial charge >= 0.3 is 0 Å². The van der Waals surface area contributed by atoms with Crippen molar-refractivity contribution in [2.45, 2.75) is 26.4 Å². The van der Waals surface area contributed by atoms with Gasteiger partial charge in [0.05, 0.1) is 24.4 Å². The second-order valence-corrected chi connectivity index (χ2v) is 7.44. The number of aryl methyl sites for hydroxylation is 1. The molecular formula is C24H25N3O2. The highest BCUT2D eigenvalue weighted by Crippen LogP contribution is 2.30. The van der Waals surface area contributed by atoms with Crippen molar-refractivity contribution >= 4 is 10.9 Å². The molecule has 4 aromatic rings. The number of benzene rings is 2. The van der Waals surface area contributed by atoms with Crippen molar-refractivity contribution in [2.75, 3.05) is 14.2 Å². The molecule has 2 aromatic carbocycles. The molecule has 29 heavy (non-hydrogen) atoms. The monoisotopic (exact) mass is 387 g/mol. The van der Waals surface area contributed by atoms with Crippen molar-refractivity contribution in [3.63, 3.8) is 0 Å². The van der Waals surface area contributed by atoms with Crippen molar-refractivity contribution in [2.24, 2.45) is 0 Å². The zero-order valence-electron chi connectivity index (χ0n) is 17.2. The maximum absolute atomic E-state index is 5.39. The van der Waals surface area contributed by atoms with Crippen LogP contribution in [0.4, 0.5) is 0 Å². The van der Waals surface area contributed by atoms with Gasteiger partial charge in [-0.3, -0.25) is 4.90 Å². The van der Waals surface area contributed by atoms with Crippen LogP contribution in [-0.2, 0) is 6.54 Å². The summed E-state index contributed by atoms with van der Waals surface area (Å²) in [7, 11) is 3.77. The Morgan fingerprint density at radius 2 is 1.97 bits per heavy atom. The van der Waals surface area contributed by atoms with E-state index in [2.05, 4.69) is 67.3 Å². The fourth-order valence-electron chi connectivity index (χ4n) is 3.55. The van der Waals surface area contributed by atoms with E-state index >= 15 is 0 Å². The first kappa shape index (κ1) is 19.2. The first-order valence-electron chi connectivity index (χ1n) is 9.70. The van der Waals surface area contributed by atoms with Crippen LogP contribution in [-0.4, -0.2) is 29.2 Å². The normalized spacial score (nSPS) is 12.4. The Bertz CT molecular complexity index is 1120. The van der Waals surface area contributed by atoms with Gasteiger partial charge in [-0.1, -0.05) is 28.9 Å². The third-order valence-corrected chi connectivity index (χ3v) is 5.36. The van der Waals surface area contributed by atoms with Crippen molar-refractivity contribution in [1.82, 2.24) is 15.0 Å². The predicted octanol–water partition coefficient (Wildman–Crippen LogP) is 5.40. The lowest BCUT2D eigenvalue weighted by Crippen LogP contribution is -2.22. The summed E-state index contributed by atoms with van der Waals surface area (Å²) >= 11 is 0. The second kappa shape index (κ2) is 8.05. The SMILES string of the molecule is COc1ccc2cc(CN(C)[C@@H](C)c3ccon3)c(-c3cccc(C)c3)nc2c1. The maximum atomic E-state index is 5.39. The Hall–Kier alpha value is -3.18. The number of pyridine rings is 1. The van der Waals surface area contributed by atoms with Gasteiger partial charge in [0.25, 0.3) is 0 Å². The lowest BCUT2D eigenvalue weighted by atomic mass is 10.0. The number of hydrogen-bond acceptors (Lipinski definition) is 5. The zero-order chi connectivity index (χ0) is 20.4. The second-order valence-electron chi connectivity index (χ2n) is 7.44. The number of methoxy groups -OCH3 is 1. The van der Waals surface area contributed by atoms with E-state index in [1.807, 2.05) is 18.2 Å². The van der Waals surface area contributed by atoms with E-state index in [9.17, 15) is 0 Å². The van der Waals surface area contributed by atoms with Crippen LogP contribution < -0.4 is 4.74 Å². The number of hydrogen-bond donors (Lipinski definition) is 0. The lowest BCUT2D eigenvalue weighted by Gasteiger charge is -2.24. The molecule has 5 heteroatoms. The van der Waals surface area contributed by atoms with Crippen LogP contribution in [0.2, 0.25) is 0 Å². The van der Waals surface area contributed by atoms with Gasteiger partial charge in [0.2, 0.25) is 0 Å². The summed E-state index contributed by atoms with van der Waals surface area (Å²) in [6, 6.07) is 18.8. The average Bonchev–Trinajstić information content (AvgIpc) is 3.27. The van der Waals surface area contributed by atoms with Gasteiger partial charge in [0.1, 0.15) is 17.7 Å². The van der Waals surface area contributed by atoms with Crippen LogP contribution in [0.15, 0.2) is 65.4 Å². The molecule has 0 N–H and O–H groups in total. The highest BCUT2D eigenvalue weighted by molar-refractivity contribution is 5.84. The quantitative estimate of drug-likeness (QED) is 0.443. The lowest BCUT2D eigenvalue weighted by molar-refractivity contribution is 0.241. The van der Waals surface area contributed by atoms with Crippen LogP contribution in [0.25, 0.3) is 22.2 Å². The fourth-order valence-corrected chi connectivity index (χ4v) is 3.55. The van der Waals surface area contributed by atoms with Crippen LogP contribution >= 0.6 is 0 Å². The minimum Gasteiger partial charge on any atom is -0.497 e. The molecule has 148 valence electrons. The highest BCUT2D eigenvalue weighted by atomic mass is 16.5. The molecule has 0 spiro atoms. The molecule has 1 atom stereocenters. The molecule has 0 saturated heterocycles. The van der Waals surface area contributed by atoms with Crippen molar-refractivity contribution in [3.05, 3.63) is 77.7 Å². The van der Waals surface area contributed by atoms with Crippen molar-refractivity contribution in [1.29, 1.82) is 0 Å². The van der Waals surface area contributed by atoms with E-state index < -0.39 is 0 Å². The molecule has 0 aliphatic rings. The van der Waals surface area contributed by atoms with Gasteiger partial charge in [-0.05, 0) is 50.7 Å². The first-order chi connectivity index (χ1) is 14.0. The van der Waals surface area contributed by atoms with Gasteiger partial charge < -0.3 is 9.26 Å². The molecule has 4 rings (SSSR count). The van der Waals surface area contributed by atoms with E-state index in [0.29, 0.717) is 0 Å². The number of aromatic nitrogens is 2. The maximum Gasteiger partial charge on any atom is 0.124 e. The first-order valence-corrected chi connectivity index (χ1v) is 9.70. The molecule has 0 aliphatic carbocycles. The van der Waals surface area contributed by atoms with Crippen molar-refractivity contribution in [3.8, 4) is 17.0 Å². The van der Waals surface area contributed by atoms with Gasteiger partial charge in [-0.25, -0.2) is 4.98 Å². The summed E-state index contributed by atoms with van der Waals surface area (Å²) in [4.78, 5) is 7.28. The molecule has 0 fully saturated rings. The van der Waals surface area contributed by atoms with Crippen LogP contribution in [0, 0.1) is 6.92 Å². The molecule has 5 nitrogen and oxygen atoms in total. The van der Waals surface area contributed by atoms with Gasteiger partial charge in [-0.15, -0.1) is 0 Å². The smallest absolute Gasteiger partial charge is 0.124 e. The van der Waals surface area contributed by atoms with E-state index in [1.54, 1.807) is 13.4 Å². The third kappa shape index (κ3) is 4.00. The topological polar surface area (TPSA) is 51.4 Å². The number of nitrogens with zero attached hydrogens (tertiary/aromatic N) is 3. The summed E-state index contributed by atoms with van der Waals surface area (Å²) < 4.78 is 10.4. The molecule has 2 aromatic heterocycles. The molecule has 2 heterocycles. The molecule has 0 unspecified atom stereocenters. The minimum absolute atomic E-state index is 0.130. The Labute approximate surface area is 170 Å². The Balaban J connectivity index is 1.79. The summed E-state index contributed by atoms with van der Waals surface area (Å²) in [6.07, 6.45) is 1.61. The average molecular weight is 387 g/mol. The molecule has 0 aliphatic heterocycles. The Morgan fingerprint density at radius 3 is 2.69 bits per heavy atom. The van der Waals surface area contributed by atoms with E-state index in [0.717, 1.165) is 40.1 Å². The predicted molar refractivity (Wildman–Crippen MR) is 115 cm³/mol. The Morgan fingerprint density at radius 1 is 1.10 bits per heavy atom. The van der Waals surface area contributed by atoms with Gasteiger partial charge in [0, 0.05) is 29.6 Å². The molecule has 0 amide bonds. The standard InChI is InChI=1S/C24H25N3O2/c1-16-6-5-7-19(12-16)24-20(15-27(3)17(2)22-10-11-29-26-22)13-18-8-9-21(28-4)14-23(18)25-24/h5-14,17H,15H2,1-4H3/t17-/m0/s1. The summed E-state index contributed by atoms with van der Waals surface area (Å²) in [5.41, 5.74) is 6.34. The molecule has 0 bridgehead atoms. The molecule has 0 radical (unpaired) electrons. The number of rotatable bonds is 6. The summed E-state index contributed by atoms with van der Waals surface area (Å²) in [6.45, 7) is 4.97. The highest BCUT2D eigenvalue weighted by Gasteiger charge is 2.18.